The highest BCUT2D eigenvalue weighted by atomic mass is 19.4. The third kappa shape index (κ3) is 4.02. The maximum atomic E-state index is 14.4. The molecule has 0 bridgehead atoms. The van der Waals surface area contributed by atoms with Crippen molar-refractivity contribution in [2.45, 2.75) is 44.7 Å². The van der Waals surface area contributed by atoms with Gasteiger partial charge in [-0.05, 0) is 25.0 Å². The fourth-order valence-corrected chi connectivity index (χ4v) is 3.34. The summed E-state index contributed by atoms with van der Waals surface area (Å²) < 4.78 is 56.1. The van der Waals surface area contributed by atoms with E-state index in [0.29, 0.717) is 0 Å². The third-order valence-corrected chi connectivity index (χ3v) is 4.81. The first-order valence-corrected chi connectivity index (χ1v) is 8.46. The maximum Gasteiger partial charge on any atom is 0.471 e. The number of alkyl halides is 3. The molecule has 1 aliphatic rings. The zero-order valence-electron chi connectivity index (χ0n) is 14.3. The first-order valence-electron chi connectivity index (χ1n) is 8.46. The normalized spacial score (nSPS) is 16.7. The smallest absolute Gasteiger partial charge is 0.329 e. The predicted molar refractivity (Wildman–Crippen MR) is 88.0 cm³/mol. The number of halogens is 4. The molecule has 142 valence electrons. The molecule has 1 aromatic carbocycles. The van der Waals surface area contributed by atoms with Crippen molar-refractivity contribution >= 4 is 5.78 Å². The lowest BCUT2D eigenvalue weighted by Crippen LogP contribution is -2.26. The fourth-order valence-electron chi connectivity index (χ4n) is 3.34. The van der Waals surface area contributed by atoms with Crippen LogP contribution in [0.25, 0.3) is 11.4 Å². The molecule has 0 N–H and O–H groups in total. The number of hydrogen-bond donors (Lipinski definition) is 0. The molecular formula is C19H16F4N2O2. The van der Waals surface area contributed by atoms with E-state index in [0.717, 1.165) is 38.2 Å². The van der Waals surface area contributed by atoms with Gasteiger partial charge < -0.3 is 4.52 Å². The van der Waals surface area contributed by atoms with Crippen LogP contribution in [0.4, 0.5) is 17.6 Å². The van der Waals surface area contributed by atoms with E-state index in [4.69, 9.17) is 6.42 Å². The number of Topliss-reactive ketones (excluding diaryl/α,β-unsaturated/α-hetero) is 1. The Morgan fingerprint density at radius 2 is 1.96 bits per heavy atom. The molecule has 2 aromatic rings. The van der Waals surface area contributed by atoms with E-state index < -0.39 is 34.9 Å². The molecule has 1 aliphatic carbocycles. The van der Waals surface area contributed by atoms with Crippen LogP contribution < -0.4 is 0 Å². The summed E-state index contributed by atoms with van der Waals surface area (Å²) in [5.74, 6) is -0.512. The van der Waals surface area contributed by atoms with Crippen molar-refractivity contribution in [3.63, 3.8) is 0 Å². The minimum absolute atomic E-state index is 0.0207. The molecule has 1 saturated carbocycles. The van der Waals surface area contributed by atoms with Crippen LogP contribution in [-0.2, 0) is 6.18 Å². The molecule has 1 fully saturated rings. The zero-order valence-corrected chi connectivity index (χ0v) is 14.3. The first-order chi connectivity index (χ1) is 12.7. The maximum absolute atomic E-state index is 14.4. The van der Waals surface area contributed by atoms with Crippen LogP contribution in [0.1, 0.15) is 54.8 Å². The van der Waals surface area contributed by atoms with E-state index >= 15 is 0 Å². The predicted octanol–water partition coefficient (Wildman–Crippen LogP) is 5.05. The van der Waals surface area contributed by atoms with E-state index in [1.807, 2.05) is 0 Å². The number of nitrogens with zero attached hydrogens (tertiary/aromatic N) is 2. The SMILES string of the molecule is C#CC1(CC(=O)c2ccc(-c3noc(C(F)(F)F)n3)cc2F)CCCCC1. The summed E-state index contributed by atoms with van der Waals surface area (Å²) in [7, 11) is 0. The molecular weight excluding hydrogens is 364 g/mol. The Balaban J connectivity index is 1.81. The first kappa shape index (κ1) is 19.1. The number of ketones is 1. The average Bonchev–Trinajstić information content (AvgIpc) is 3.13. The van der Waals surface area contributed by atoms with Crippen LogP contribution in [0.2, 0.25) is 0 Å². The van der Waals surface area contributed by atoms with Crippen molar-refractivity contribution in [1.29, 1.82) is 0 Å². The van der Waals surface area contributed by atoms with Gasteiger partial charge >= 0.3 is 12.1 Å². The molecule has 0 spiro atoms. The average molecular weight is 380 g/mol. The second-order valence-corrected chi connectivity index (χ2v) is 6.70. The van der Waals surface area contributed by atoms with Gasteiger partial charge in [0.2, 0.25) is 5.82 Å². The highest BCUT2D eigenvalue weighted by Crippen LogP contribution is 2.40. The van der Waals surface area contributed by atoms with Gasteiger partial charge in [0.1, 0.15) is 5.82 Å². The summed E-state index contributed by atoms with van der Waals surface area (Å²) in [5.41, 5.74) is -0.735. The van der Waals surface area contributed by atoms with Gasteiger partial charge in [0.15, 0.2) is 5.78 Å². The number of carbonyl (C=O) groups is 1. The molecule has 0 aliphatic heterocycles. The topological polar surface area (TPSA) is 56.0 Å². The summed E-state index contributed by atoms with van der Waals surface area (Å²) in [6, 6.07) is 3.41. The van der Waals surface area contributed by atoms with Gasteiger partial charge in [0.05, 0.1) is 5.56 Å². The van der Waals surface area contributed by atoms with E-state index in [1.165, 1.54) is 12.1 Å². The number of hydrogen-bond acceptors (Lipinski definition) is 4. The van der Waals surface area contributed by atoms with E-state index in [-0.39, 0.29) is 17.5 Å². The van der Waals surface area contributed by atoms with Crippen molar-refractivity contribution in [3.05, 3.63) is 35.5 Å². The van der Waals surface area contributed by atoms with Crippen molar-refractivity contribution < 1.29 is 26.9 Å². The van der Waals surface area contributed by atoms with Crippen molar-refractivity contribution in [2.24, 2.45) is 5.41 Å². The Morgan fingerprint density at radius 1 is 1.26 bits per heavy atom. The van der Waals surface area contributed by atoms with Gasteiger partial charge in [0, 0.05) is 17.4 Å². The van der Waals surface area contributed by atoms with Gasteiger partial charge in [0.25, 0.3) is 0 Å². The van der Waals surface area contributed by atoms with E-state index in [2.05, 4.69) is 20.6 Å². The number of carbonyl (C=O) groups excluding carboxylic acids is 1. The fraction of sp³-hybridized carbons (Fsp3) is 0.421. The Hall–Kier alpha value is -2.69. The lowest BCUT2D eigenvalue weighted by Gasteiger charge is -2.31. The molecule has 0 atom stereocenters. The van der Waals surface area contributed by atoms with Crippen LogP contribution in [0.15, 0.2) is 22.7 Å². The summed E-state index contributed by atoms with van der Waals surface area (Å²) in [4.78, 5) is 15.8. The minimum Gasteiger partial charge on any atom is -0.329 e. The molecule has 1 aromatic heterocycles. The summed E-state index contributed by atoms with van der Waals surface area (Å²) in [6.07, 6.45) is 5.24. The number of rotatable bonds is 4. The monoisotopic (exact) mass is 380 g/mol. The molecule has 27 heavy (non-hydrogen) atoms. The van der Waals surface area contributed by atoms with Crippen molar-refractivity contribution in [2.75, 3.05) is 0 Å². The second kappa shape index (κ2) is 7.14. The van der Waals surface area contributed by atoms with Crippen LogP contribution >= 0.6 is 0 Å². The van der Waals surface area contributed by atoms with Crippen molar-refractivity contribution in [3.8, 4) is 23.7 Å². The highest BCUT2D eigenvalue weighted by Gasteiger charge is 2.38. The van der Waals surface area contributed by atoms with Gasteiger partial charge in [-0.3, -0.25) is 4.79 Å². The number of aromatic nitrogens is 2. The standard InChI is InChI=1S/C19H16F4N2O2/c1-2-18(8-4-3-5-9-18)11-15(26)13-7-6-12(10-14(13)20)16-24-17(27-25-16)19(21,22)23/h1,6-7,10H,3-5,8-9,11H2. The molecule has 0 amide bonds. The summed E-state index contributed by atoms with van der Waals surface area (Å²) in [6.45, 7) is 0. The molecule has 0 unspecified atom stereocenters. The van der Waals surface area contributed by atoms with Gasteiger partial charge in [-0.2, -0.15) is 18.2 Å². The Morgan fingerprint density at radius 3 is 2.52 bits per heavy atom. The third-order valence-electron chi connectivity index (χ3n) is 4.81. The number of terminal acetylenes is 1. The van der Waals surface area contributed by atoms with Crippen LogP contribution in [0, 0.1) is 23.6 Å². The van der Waals surface area contributed by atoms with Crippen LogP contribution in [-0.4, -0.2) is 15.9 Å². The summed E-state index contributed by atoms with van der Waals surface area (Å²) in [5, 5.41) is 3.20. The Kier molecular flexibility index (Phi) is 5.05. The van der Waals surface area contributed by atoms with E-state index in [1.54, 1.807) is 0 Å². The molecule has 0 saturated heterocycles. The minimum atomic E-state index is -4.79. The van der Waals surface area contributed by atoms with Gasteiger partial charge in [-0.15, -0.1) is 6.42 Å². The second-order valence-electron chi connectivity index (χ2n) is 6.70. The lowest BCUT2D eigenvalue weighted by molar-refractivity contribution is -0.159. The molecule has 1 heterocycles. The molecule has 4 nitrogen and oxygen atoms in total. The molecule has 8 heteroatoms. The highest BCUT2D eigenvalue weighted by molar-refractivity contribution is 5.97. The van der Waals surface area contributed by atoms with Crippen LogP contribution in [0.5, 0.6) is 0 Å². The van der Waals surface area contributed by atoms with Crippen LogP contribution in [0.3, 0.4) is 0 Å². The van der Waals surface area contributed by atoms with Crippen molar-refractivity contribution in [1.82, 2.24) is 10.1 Å². The lowest BCUT2D eigenvalue weighted by atomic mass is 9.71. The zero-order chi connectivity index (χ0) is 19.7. The molecule has 0 radical (unpaired) electrons. The summed E-state index contributed by atoms with van der Waals surface area (Å²) >= 11 is 0. The van der Waals surface area contributed by atoms with Gasteiger partial charge in [-0.25, -0.2) is 4.39 Å². The largest absolute Gasteiger partial charge is 0.471 e. The number of benzene rings is 1. The Bertz CT molecular complexity index is 890. The van der Waals surface area contributed by atoms with Gasteiger partial charge in [-0.1, -0.05) is 36.4 Å². The quantitative estimate of drug-likeness (QED) is 0.423. The molecule has 3 rings (SSSR count). The Labute approximate surface area is 153 Å². The van der Waals surface area contributed by atoms with E-state index in [9.17, 15) is 22.4 Å².